The van der Waals surface area contributed by atoms with Crippen LogP contribution >= 0.6 is 25.3 Å². The van der Waals surface area contributed by atoms with Gasteiger partial charge in [0.05, 0.1) is 0 Å². The highest BCUT2D eigenvalue weighted by Crippen LogP contribution is 1.86. The smallest absolute Gasteiger partial charge is 0.321 e. The first-order chi connectivity index (χ1) is 6.22. The molecule has 13 heavy (non-hydrogen) atoms. The van der Waals surface area contributed by atoms with Crippen LogP contribution in [0.3, 0.4) is 0 Å². The minimum absolute atomic E-state index is 0.307. The van der Waals surface area contributed by atoms with Crippen LogP contribution in [0.4, 0.5) is 0 Å². The molecule has 4 nitrogen and oxygen atoms in total. The molecule has 0 heterocycles. The Bertz CT molecular complexity index is 146. The molecule has 0 aliphatic rings. The molecule has 6 heteroatoms. The van der Waals surface area contributed by atoms with Crippen LogP contribution in [0.25, 0.3) is 0 Å². The van der Waals surface area contributed by atoms with Crippen molar-refractivity contribution in [1.29, 1.82) is 0 Å². The van der Waals surface area contributed by atoms with Gasteiger partial charge in [-0.3, -0.25) is 4.79 Å². The van der Waals surface area contributed by atoms with Crippen LogP contribution in [0.2, 0.25) is 0 Å². The molecule has 1 atom stereocenters. The van der Waals surface area contributed by atoms with E-state index >= 15 is 0 Å². The van der Waals surface area contributed by atoms with E-state index in [9.17, 15) is 4.79 Å². The van der Waals surface area contributed by atoms with Gasteiger partial charge in [0.1, 0.15) is 6.04 Å². The SMILES string of the molecule is O=C(O)[C@H](CS)NCCNCCS. The quantitative estimate of drug-likeness (QED) is 0.284. The molecule has 0 rings (SSSR count). The molecule has 0 aliphatic heterocycles. The van der Waals surface area contributed by atoms with Crippen LogP contribution in [0, 0.1) is 0 Å². The molecule has 0 saturated heterocycles. The third-order valence-electron chi connectivity index (χ3n) is 1.46. The van der Waals surface area contributed by atoms with E-state index in [1.165, 1.54) is 0 Å². The Morgan fingerprint density at radius 3 is 2.46 bits per heavy atom. The highest BCUT2D eigenvalue weighted by atomic mass is 32.1. The zero-order valence-electron chi connectivity index (χ0n) is 7.36. The number of carboxylic acid groups (broad SMARTS) is 1. The lowest BCUT2D eigenvalue weighted by Gasteiger charge is -2.11. The minimum Gasteiger partial charge on any atom is -0.480 e. The predicted octanol–water partition coefficient (Wildman–Crippen LogP) is -0.522. The minimum atomic E-state index is -0.857. The summed E-state index contributed by atoms with van der Waals surface area (Å²) in [5, 5.41) is 14.6. The van der Waals surface area contributed by atoms with Crippen LogP contribution < -0.4 is 10.6 Å². The molecule has 0 amide bonds. The maximum Gasteiger partial charge on any atom is 0.321 e. The van der Waals surface area contributed by atoms with Gasteiger partial charge in [0.2, 0.25) is 0 Å². The van der Waals surface area contributed by atoms with Crippen molar-refractivity contribution in [1.82, 2.24) is 10.6 Å². The second-order valence-corrected chi connectivity index (χ2v) is 3.31. The van der Waals surface area contributed by atoms with Gasteiger partial charge >= 0.3 is 5.97 Å². The Morgan fingerprint density at radius 1 is 1.31 bits per heavy atom. The molecule has 0 unspecified atom stereocenters. The number of thiol groups is 2. The number of hydrogen-bond donors (Lipinski definition) is 5. The van der Waals surface area contributed by atoms with Crippen molar-refractivity contribution in [3.8, 4) is 0 Å². The molecule has 0 radical (unpaired) electrons. The summed E-state index contributed by atoms with van der Waals surface area (Å²) in [5.41, 5.74) is 0. The number of aliphatic carboxylic acids is 1. The summed E-state index contributed by atoms with van der Waals surface area (Å²) >= 11 is 7.95. The molecule has 0 bridgehead atoms. The van der Waals surface area contributed by atoms with Gasteiger partial charge in [0.25, 0.3) is 0 Å². The van der Waals surface area contributed by atoms with E-state index in [-0.39, 0.29) is 0 Å². The number of rotatable bonds is 8. The molecule has 0 fully saturated rings. The standard InChI is InChI=1S/C7H16N2O2S2/c10-7(11)6(5-13)9-2-1-8-3-4-12/h6,8-9,12-13H,1-5H2,(H,10,11)/t6-/m0/s1. The number of nitrogens with one attached hydrogen (secondary N) is 2. The molecule has 78 valence electrons. The largest absolute Gasteiger partial charge is 0.480 e. The van der Waals surface area contributed by atoms with Gasteiger partial charge in [0.15, 0.2) is 0 Å². The Morgan fingerprint density at radius 2 is 2.00 bits per heavy atom. The number of carbonyl (C=O) groups is 1. The van der Waals surface area contributed by atoms with Crippen molar-refractivity contribution in [2.75, 3.05) is 31.1 Å². The molecule has 0 aromatic heterocycles. The van der Waals surface area contributed by atoms with Crippen molar-refractivity contribution in [3.63, 3.8) is 0 Å². The average molecular weight is 224 g/mol. The van der Waals surface area contributed by atoms with Crippen LogP contribution in [0.1, 0.15) is 0 Å². The van der Waals surface area contributed by atoms with E-state index in [4.69, 9.17) is 5.11 Å². The first-order valence-corrected chi connectivity index (χ1v) is 5.37. The van der Waals surface area contributed by atoms with Gasteiger partial charge in [-0.15, -0.1) is 0 Å². The lowest BCUT2D eigenvalue weighted by Crippen LogP contribution is -2.41. The summed E-state index contributed by atoms with van der Waals surface area (Å²) in [7, 11) is 0. The molecule has 3 N–H and O–H groups in total. The van der Waals surface area contributed by atoms with Gasteiger partial charge in [-0.2, -0.15) is 25.3 Å². The van der Waals surface area contributed by atoms with Crippen LogP contribution in [0.5, 0.6) is 0 Å². The van der Waals surface area contributed by atoms with E-state index in [0.717, 1.165) is 18.8 Å². The van der Waals surface area contributed by atoms with Gasteiger partial charge < -0.3 is 15.7 Å². The van der Waals surface area contributed by atoms with Crippen LogP contribution in [0.15, 0.2) is 0 Å². The zero-order valence-corrected chi connectivity index (χ0v) is 9.15. The normalized spacial score (nSPS) is 12.8. The fourth-order valence-electron chi connectivity index (χ4n) is 0.769. The monoisotopic (exact) mass is 224 g/mol. The lowest BCUT2D eigenvalue weighted by atomic mass is 10.3. The second kappa shape index (κ2) is 8.68. The van der Waals surface area contributed by atoms with Gasteiger partial charge in [-0.1, -0.05) is 0 Å². The maximum atomic E-state index is 10.5. The van der Waals surface area contributed by atoms with Crippen molar-refractivity contribution < 1.29 is 9.90 Å². The van der Waals surface area contributed by atoms with Gasteiger partial charge in [-0.25, -0.2) is 0 Å². The fourth-order valence-corrected chi connectivity index (χ4v) is 1.21. The second-order valence-electron chi connectivity index (χ2n) is 2.50. The zero-order chi connectivity index (χ0) is 10.1. The molecular formula is C7H16N2O2S2. The Balaban J connectivity index is 3.33. The van der Waals surface area contributed by atoms with Crippen LogP contribution in [-0.4, -0.2) is 48.3 Å². The Hall–Kier alpha value is 0.0900. The summed E-state index contributed by atoms with van der Waals surface area (Å²) in [5.74, 6) is 0.237. The van der Waals surface area contributed by atoms with Gasteiger partial charge in [0, 0.05) is 31.1 Å². The summed E-state index contributed by atoms with van der Waals surface area (Å²) < 4.78 is 0. The summed E-state index contributed by atoms with van der Waals surface area (Å²) in [6.45, 7) is 2.22. The summed E-state index contributed by atoms with van der Waals surface area (Å²) in [6, 6.07) is -0.555. The van der Waals surface area contributed by atoms with Crippen LogP contribution in [-0.2, 0) is 4.79 Å². The third kappa shape index (κ3) is 7.18. The fraction of sp³-hybridized carbons (Fsp3) is 0.857. The molecule has 0 spiro atoms. The first kappa shape index (κ1) is 13.1. The Kier molecular flexibility index (Phi) is 8.74. The van der Waals surface area contributed by atoms with Crippen molar-refractivity contribution >= 4 is 31.2 Å². The van der Waals surface area contributed by atoms with E-state index in [1.807, 2.05) is 0 Å². The maximum absolute atomic E-state index is 10.5. The first-order valence-electron chi connectivity index (χ1n) is 4.11. The van der Waals surface area contributed by atoms with Gasteiger partial charge in [-0.05, 0) is 0 Å². The molecule has 0 saturated carbocycles. The summed E-state index contributed by atoms with van der Waals surface area (Å²) in [4.78, 5) is 10.5. The average Bonchev–Trinajstić information content (AvgIpc) is 2.10. The van der Waals surface area contributed by atoms with E-state index in [2.05, 4.69) is 35.9 Å². The number of hydrogen-bond acceptors (Lipinski definition) is 5. The van der Waals surface area contributed by atoms with E-state index < -0.39 is 12.0 Å². The Labute approximate surface area is 89.3 Å². The predicted molar refractivity (Wildman–Crippen MR) is 60.0 cm³/mol. The van der Waals surface area contributed by atoms with Crippen molar-refractivity contribution in [3.05, 3.63) is 0 Å². The number of carboxylic acids is 1. The molecular weight excluding hydrogens is 208 g/mol. The van der Waals surface area contributed by atoms with Crippen molar-refractivity contribution in [2.24, 2.45) is 0 Å². The summed E-state index contributed by atoms with van der Waals surface area (Å²) in [6.07, 6.45) is 0. The highest BCUT2D eigenvalue weighted by Gasteiger charge is 2.12. The topological polar surface area (TPSA) is 61.4 Å². The third-order valence-corrected chi connectivity index (χ3v) is 2.05. The highest BCUT2D eigenvalue weighted by molar-refractivity contribution is 7.80. The lowest BCUT2D eigenvalue weighted by molar-refractivity contribution is -0.138. The molecule has 0 aromatic rings. The molecule has 0 aliphatic carbocycles. The molecule has 0 aromatic carbocycles. The van der Waals surface area contributed by atoms with E-state index in [0.29, 0.717) is 12.3 Å². The van der Waals surface area contributed by atoms with Crippen molar-refractivity contribution in [2.45, 2.75) is 6.04 Å². The van der Waals surface area contributed by atoms with E-state index in [1.54, 1.807) is 0 Å².